The molecular formula is C11H19N3O3. The van der Waals surface area contributed by atoms with Crippen LogP contribution in [0.5, 0.6) is 0 Å². The van der Waals surface area contributed by atoms with E-state index in [1.54, 1.807) is 7.11 Å². The second-order valence-corrected chi connectivity index (χ2v) is 4.46. The molecule has 1 aliphatic heterocycles. The number of rotatable bonds is 5. The molecule has 0 aromatic carbocycles. The van der Waals surface area contributed by atoms with Gasteiger partial charge in [0.05, 0.1) is 6.54 Å². The van der Waals surface area contributed by atoms with Gasteiger partial charge in [0.1, 0.15) is 6.61 Å². The van der Waals surface area contributed by atoms with Gasteiger partial charge in [-0.25, -0.2) is 0 Å². The van der Waals surface area contributed by atoms with Gasteiger partial charge in [0.15, 0.2) is 5.82 Å². The zero-order valence-corrected chi connectivity index (χ0v) is 10.1. The first kappa shape index (κ1) is 12.5. The van der Waals surface area contributed by atoms with Gasteiger partial charge >= 0.3 is 0 Å². The van der Waals surface area contributed by atoms with E-state index in [2.05, 4.69) is 15.0 Å². The molecule has 6 nitrogen and oxygen atoms in total. The number of aliphatic hydroxyl groups excluding tert-OH is 1. The summed E-state index contributed by atoms with van der Waals surface area (Å²) in [6, 6.07) is 0. The predicted molar refractivity (Wildman–Crippen MR) is 60.1 cm³/mol. The second kappa shape index (κ2) is 6.09. The number of nitrogens with zero attached hydrogens (tertiary/aromatic N) is 3. The van der Waals surface area contributed by atoms with E-state index in [1.165, 1.54) is 0 Å². The van der Waals surface area contributed by atoms with Crippen LogP contribution in [0.25, 0.3) is 0 Å². The van der Waals surface area contributed by atoms with Gasteiger partial charge in [0, 0.05) is 20.3 Å². The molecule has 0 aliphatic carbocycles. The van der Waals surface area contributed by atoms with Crippen LogP contribution >= 0.6 is 0 Å². The highest BCUT2D eigenvalue weighted by Crippen LogP contribution is 2.17. The van der Waals surface area contributed by atoms with Gasteiger partial charge < -0.3 is 14.4 Å². The highest BCUT2D eigenvalue weighted by Gasteiger charge is 2.20. The van der Waals surface area contributed by atoms with E-state index in [1.807, 2.05) is 0 Å². The summed E-state index contributed by atoms with van der Waals surface area (Å²) >= 11 is 0. The highest BCUT2D eigenvalue weighted by molar-refractivity contribution is 4.86. The fourth-order valence-electron chi connectivity index (χ4n) is 2.18. The van der Waals surface area contributed by atoms with Gasteiger partial charge in [-0.2, -0.15) is 4.98 Å². The third kappa shape index (κ3) is 3.49. The quantitative estimate of drug-likeness (QED) is 0.805. The first-order valence-corrected chi connectivity index (χ1v) is 5.95. The van der Waals surface area contributed by atoms with Gasteiger partial charge in [-0.15, -0.1) is 0 Å². The molecule has 1 aromatic heterocycles. The Hall–Kier alpha value is -0.980. The Morgan fingerprint density at radius 3 is 3.24 bits per heavy atom. The highest BCUT2D eigenvalue weighted by atomic mass is 16.5. The van der Waals surface area contributed by atoms with E-state index < -0.39 is 0 Å². The zero-order chi connectivity index (χ0) is 12.1. The molecule has 1 aromatic rings. The Kier molecular flexibility index (Phi) is 4.47. The third-order valence-electron chi connectivity index (χ3n) is 3.00. The number of hydrogen-bond acceptors (Lipinski definition) is 6. The van der Waals surface area contributed by atoms with E-state index in [0.29, 0.717) is 30.8 Å². The van der Waals surface area contributed by atoms with Crippen LogP contribution in [0.4, 0.5) is 0 Å². The molecule has 2 heterocycles. The lowest BCUT2D eigenvalue weighted by Crippen LogP contribution is -2.36. The number of likely N-dealkylation sites (tertiary alicyclic amines) is 1. The molecule has 1 atom stereocenters. The monoisotopic (exact) mass is 241 g/mol. The molecule has 0 amide bonds. The Morgan fingerprint density at radius 1 is 1.59 bits per heavy atom. The summed E-state index contributed by atoms with van der Waals surface area (Å²) in [5, 5.41) is 13.1. The molecule has 1 N–H and O–H groups in total. The van der Waals surface area contributed by atoms with Gasteiger partial charge in [0.25, 0.3) is 5.89 Å². The van der Waals surface area contributed by atoms with Crippen LogP contribution in [0.15, 0.2) is 4.52 Å². The van der Waals surface area contributed by atoms with Gasteiger partial charge in [-0.3, -0.25) is 4.90 Å². The van der Waals surface area contributed by atoms with Gasteiger partial charge in [0.2, 0.25) is 0 Å². The summed E-state index contributed by atoms with van der Waals surface area (Å²) < 4.78 is 9.96. The molecule has 6 heteroatoms. The standard InChI is InChI=1S/C11H19N3O3/c1-16-8-11-12-10(13-17-11)6-14-4-2-3-9(5-14)7-15/h9,15H,2-8H2,1H3. The Bertz CT molecular complexity index is 342. The van der Waals surface area contributed by atoms with E-state index in [-0.39, 0.29) is 6.61 Å². The van der Waals surface area contributed by atoms with E-state index in [0.717, 1.165) is 25.9 Å². The van der Waals surface area contributed by atoms with Crippen molar-refractivity contribution >= 4 is 0 Å². The lowest BCUT2D eigenvalue weighted by molar-refractivity contribution is 0.113. The number of methoxy groups -OCH3 is 1. The van der Waals surface area contributed by atoms with Crippen molar-refractivity contribution < 1.29 is 14.4 Å². The van der Waals surface area contributed by atoms with Crippen molar-refractivity contribution in [1.82, 2.24) is 15.0 Å². The third-order valence-corrected chi connectivity index (χ3v) is 3.00. The normalized spacial score (nSPS) is 21.9. The molecule has 96 valence electrons. The molecule has 17 heavy (non-hydrogen) atoms. The molecule has 2 rings (SSSR count). The van der Waals surface area contributed by atoms with Crippen molar-refractivity contribution in [2.75, 3.05) is 26.8 Å². The fraction of sp³-hybridized carbons (Fsp3) is 0.818. The van der Waals surface area contributed by atoms with Crippen LogP contribution in [0.1, 0.15) is 24.6 Å². The predicted octanol–water partition coefficient (Wildman–Crippen LogP) is 0.420. The molecule has 0 spiro atoms. The zero-order valence-electron chi connectivity index (χ0n) is 10.1. The number of piperidine rings is 1. The largest absolute Gasteiger partial charge is 0.396 e. The van der Waals surface area contributed by atoms with Gasteiger partial charge in [-0.1, -0.05) is 5.16 Å². The minimum atomic E-state index is 0.262. The SMILES string of the molecule is COCc1nc(CN2CCCC(CO)C2)no1. The van der Waals surface area contributed by atoms with Crippen LogP contribution in [0, 0.1) is 5.92 Å². The van der Waals surface area contributed by atoms with Crippen molar-refractivity contribution in [2.45, 2.75) is 26.0 Å². The first-order valence-electron chi connectivity index (χ1n) is 5.95. The maximum atomic E-state index is 9.16. The van der Waals surface area contributed by atoms with Crippen molar-refractivity contribution in [2.24, 2.45) is 5.92 Å². The van der Waals surface area contributed by atoms with Crippen LogP contribution in [-0.2, 0) is 17.9 Å². The number of hydrogen-bond donors (Lipinski definition) is 1. The summed E-state index contributed by atoms with van der Waals surface area (Å²) in [6.45, 7) is 3.24. The smallest absolute Gasteiger partial charge is 0.252 e. The maximum Gasteiger partial charge on any atom is 0.252 e. The fourth-order valence-corrected chi connectivity index (χ4v) is 2.18. The Balaban J connectivity index is 1.86. The summed E-state index contributed by atoms with van der Waals surface area (Å²) in [6.07, 6.45) is 2.22. The van der Waals surface area contributed by atoms with Crippen LogP contribution in [-0.4, -0.2) is 47.0 Å². The summed E-state index contributed by atoms with van der Waals surface area (Å²) in [5.74, 6) is 1.59. The Morgan fingerprint density at radius 2 is 2.47 bits per heavy atom. The average molecular weight is 241 g/mol. The average Bonchev–Trinajstić information content (AvgIpc) is 2.77. The summed E-state index contributed by atoms with van der Waals surface area (Å²) in [4.78, 5) is 6.49. The minimum absolute atomic E-state index is 0.262. The van der Waals surface area contributed by atoms with Crippen LogP contribution < -0.4 is 0 Å². The molecular weight excluding hydrogens is 222 g/mol. The molecule has 1 fully saturated rings. The summed E-state index contributed by atoms with van der Waals surface area (Å²) in [5.41, 5.74) is 0. The Labute approximate surface area is 101 Å². The van der Waals surface area contributed by atoms with Crippen molar-refractivity contribution in [3.05, 3.63) is 11.7 Å². The van der Waals surface area contributed by atoms with E-state index in [9.17, 15) is 0 Å². The molecule has 0 bridgehead atoms. The topological polar surface area (TPSA) is 71.6 Å². The number of ether oxygens (including phenoxy) is 1. The maximum absolute atomic E-state index is 9.16. The van der Waals surface area contributed by atoms with Crippen molar-refractivity contribution in [3.8, 4) is 0 Å². The lowest BCUT2D eigenvalue weighted by atomic mass is 9.99. The van der Waals surface area contributed by atoms with E-state index >= 15 is 0 Å². The number of aliphatic hydroxyl groups is 1. The molecule has 1 unspecified atom stereocenters. The second-order valence-electron chi connectivity index (χ2n) is 4.46. The van der Waals surface area contributed by atoms with Crippen molar-refractivity contribution in [3.63, 3.8) is 0 Å². The molecule has 0 saturated carbocycles. The van der Waals surface area contributed by atoms with Crippen molar-refractivity contribution in [1.29, 1.82) is 0 Å². The molecule has 1 saturated heterocycles. The first-order chi connectivity index (χ1) is 8.31. The molecule has 1 aliphatic rings. The van der Waals surface area contributed by atoms with E-state index in [4.69, 9.17) is 14.4 Å². The minimum Gasteiger partial charge on any atom is -0.396 e. The van der Waals surface area contributed by atoms with Crippen LogP contribution in [0.3, 0.4) is 0 Å². The number of aromatic nitrogens is 2. The van der Waals surface area contributed by atoms with Gasteiger partial charge in [-0.05, 0) is 25.3 Å². The summed E-state index contributed by atoms with van der Waals surface area (Å²) in [7, 11) is 1.60. The lowest BCUT2D eigenvalue weighted by Gasteiger charge is -2.30. The van der Waals surface area contributed by atoms with Crippen LogP contribution in [0.2, 0.25) is 0 Å². The molecule has 0 radical (unpaired) electrons.